The van der Waals surface area contributed by atoms with E-state index in [1.807, 2.05) is 13.8 Å². The molecule has 0 aromatic rings. The summed E-state index contributed by atoms with van der Waals surface area (Å²) in [6.45, 7) is 6.03. The van der Waals surface area contributed by atoms with Gasteiger partial charge in [0.25, 0.3) is 0 Å². The second-order valence-electron chi connectivity index (χ2n) is 4.83. The lowest BCUT2D eigenvalue weighted by Crippen LogP contribution is -2.36. The van der Waals surface area contributed by atoms with Gasteiger partial charge in [0, 0.05) is 20.6 Å². The van der Waals surface area contributed by atoms with E-state index in [-0.39, 0.29) is 12.5 Å². The van der Waals surface area contributed by atoms with Crippen molar-refractivity contribution in [3.63, 3.8) is 0 Å². The number of aliphatic carboxylic acids is 1. The lowest BCUT2D eigenvalue weighted by atomic mass is 10.1. The number of carboxylic acid groups (broad SMARTS) is 1. The van der Waals surface area contributed by atoms with E-state index in [4.69, 9.17) is 14.6 Å². The molecule has 0 fully saturated rings. The molecule has 5 heteroatoms. The Hall–Kier alpha value is -0.650. The van der Waals surface area contributed by atoms with Crippen LogP contribution in [-0.4, -0.2) is 37.8 Å². The largest absolute Gasteiger partial charge is 0.481 e. The van der Waals surface area contributed by atoms with Crippen molar-refractivity contribution < 1.29 is 19.4 Å². The topological polar surface area (TPSA) is 67.8 Å². The molecule has 0 aliphatic carbocycles. The molecule has 0 aromatic carbocycles. The summed E-state index contributed by atoms with van der Waals surface area (Å²) in [6, 6.07) is 0. The highest BCUT2D eigenvalue weighted by molar-refractivity contribution is 5.66. The monoisotopic (exact) mass is 291 g/mol. The first kappa shape index (κ1) is 21.6. The summed E-state index contributed by atoms with van der Waals surface area (Å²) in [5, 5.41) is 11.4. The number of methoxy groups -OCH3 is 2. The van der Waals surface area contributed by atoms with Crippen molar-refractivity contribution in [1.82, 2.24) is 5.32 Å². The van der Waals surface area contributed by atoms with Gasteiger partial charge < -0.3 is 14.6 Å². The van der Waals surface area contributed by atoms with Crippen molar-refractivity contribution in [3.05, 3.63) is 0 Å². The second-order valence-corrected chi connectivity index (χ2v) is 4.83. The van der Waals surface area contributed by atoms with Gasteiger partial charge in [-0.3, -0.25) is 10.1 Å². The number of ether oxygens (including phenoxy) is 2. The first-order valence-electron chi connectivity index (χ1n) is 7.51. The van der Waals surface area contributed by atoms with Crippen molar-refractivity contribution in [2.75, 3.05) is 14.2 Å². The smallest absolute Gasteiger partial charge is 0.303 e. The molecule has 0 aliphatic heterocycles. The second kappa shape index (κ2) is 16.4. The van der Waals surface area contributed by atoms with E-state index in [0.717, 1.165) is 12.8 Å². The lowest BCUT2D eigenvalue weighted by molar-refractivity contribution is -0.137. The third-order valence-electron chi connectivity index (χ3n) is 2.92. The highest BCUT2D eigenvalue weighted by atomic mass is 16.5. The quantitative estimate of drug-likeness (QED) is 0.451. The van der Waals surface area contributed by atoms with Crippen molar-refractivity contribution in [1.29, 1.82) is 0 Å². The number of nitrogens with one attached hydrogen (secondary N) is 1. The molecule has 5 nitrogen and oxygen atoms in total. The molecule has 0 bridgehead atoms. The van der Waals surface area contributed by atoms with E-state index < -0.39 is 5.97 Å². The van der Waals surface area contributed by atoms with Crippen molar-refractivity contribution >= 4 is 5.97 Å². The Morgan fingerprint density at radius 1 is 1.00 bits per heavy atom. The van der Waals surface area contributed by atoms with Gasteiger partial charge in [0.1, 0.15) is 12.5 Å². The first-order chi connectivity index (χ1) is 9.47. The molecule has 2 unspecified atom stereocenters. The first-order valence-corrected chi connectivity index (χ1v) is 7.51. The van der Waals surface area contributed by atoms with Crippen LogP contribution in [0, 0.1) is 0 Å². The molecular weight excluding hydrogens is 258 g/mol. The van der Waals surface area contributed by atoms with Crippen LogP contribution in [0.3, 0.4) is 0 Å². The van der Waals surface area contributed by atoms with E-state index in [2.05, 4.69) is 12.2 Å². The van der Waals surface area contributed by atoms with Gasteiger partial charge in [-0.1, -0.05) is 39.0 Å². The van der Waals surface area contributed by atoms with E-state index in [1.165, 1.54) is 25.7 Å². The number of rotatable bonds is 11. The molecule has 122 valence electrons. The Kier molecular flexibility index (Phi) is 17.8. The molecule has 0 spiro atoms. The minimum atomic E-state index is -0.666. The Morgan fingerprint density at radius 3 is 1.85 bits per heavy atom. The molecule has 0 rings (SSSR count). The number of carboxylic acids is 1. The van der Waals surface area contributed by atoms with Gasteiger partial charge in [0.05, 0.1) is 0 Å². The maximum absolute atomic E-state index is 10.1. The zero-order valence-corrected chi connectivity index (χ0v) is 13.8. The SMILES string of the molecule is CCCCCCCCC(=O)O.COC(C)NC(C)OC. The Balaban J connectivity index is 0. The van der Waals surface area contributed by atoms with Crippen LogP contribution in [0.5, 0.6) is 0 Å². The molecule has 2 N–H and O–H groups in total. The summed E-state index contributed by atoms with van der Waals surface area (Å²) >= 11 is 0. The fourth-order valence-corrected chi connectivity index (χ4v) is 1.52. The summed E-state index contributed by atoms with van der Waals surface area (Å²) in [5.74, 6) is -0.666. The maximum atomic E-state index is 10.1. The van der Waals surface area contributed by atoms with E-state index in [0.29, 0.717) is 6.42 Å². The summed E-state index contributed by atoms with van der Waals surface area (Å²) in [6.07, 6.45) is 7.36. The molecule has 0 saturated heterocycles. The number of unbranched alkanes of at least 4 members (excludes halogenated alkanes) is 5. The lowest BCUT2D eigenvalue weighted by Gasteiger charge is -2.16. The number of hydrogen-bond acceptors (Lipinski definition) is 4. The Bertz CT molecular complexity index is 204. The highest BCUT2D eigenvalue weighted by Crippen LogP contribution is 2.06. The van der Waals surface area contributed by atoms with Crippen molar-refractivity contribution in [2.24, 2.45) is 0 Å². The Morgan fingerprint density at radius 2 is 1.45 bits per heavy atom. The maximum Gasteiger partial charge on any atom is 0.303 e. The van der Waals surface area contributed by atoms with Gasteiger partial charge in [0.15, 0.2) is 0 Å². The fourth-order valence-electron chi connectivity index (χ4n) is 1.52. The van der Waals surface area contributed by atoms with Crippen LogP contribution in [0.2, 0.25) is 0 Å². The molecule has 0 saturated carbocycles. The van der Waals surface area contributed by atoms with Crippen LogP contribution < -0.4 is 5.32 Å². The van der Waals surface area contributed by atoms with Gasteiger partial charge in [-0.15, -0.1) is 0 Å². The van der Waals surface area contributed by atoms with E-state index in [1.54, 1.807) is 14.2 Å². The molecule has 2 atom stereocenters. The summed E-state index contributed by atoms with van der Waals surface area (Å²) in [7, 11) is 3.31. The summed E-state index contributed by atoms with van der Waals surface area (Å²) < 4.78 is 9.86. The minimum Gasteiger partial charge on any atom is -0.481 e. The third kappa shape index (κ3) is 19.7. The summed E-state index contributed by atoms with van der Waals surface area (Å²) in [4.78, 5) is 10.1. The molecule has 0 aliphatic rings. The Labute approximate surface area is 124 Å². The zero-order chi connectivity index (χ0) is 15.8. The van der Waals surface area contributed by atoms with E-state index in [9.17, 15) is 4.79 Å². The van der Waals surface area contributed by atoms with Gasteiger partial charge in [-0.25, -0.2) is 0 Å². The molecule has 0 radical (unpaired) electrons. The van der Waals surface area contributed by atoms with Gasteiger partial charge in [-0.2, -0.15) is 0 Å². The molecular formula is C15H33NO4. The van der Waals surface area contributed by atoms with E-state index >= 15 is 0 Å². The van der Waals surface area contributed by atoms with Crippen LogP contribution in [0.1, 0.15) is 65.7 Å². The minimum absolute atomic E-state index is 0.0555. The highest BCUT2D eigenvalue weighted by Gasteiger charge is 2.02. The van der Waals surface area contributed by atoms with Crippen LogP contribution in [0.4, 0.5) is 0 Å². The molecule has 0 aromatic heterocycles. The normalized spacial score (nSPS) is 13.2. The standard InChI is InChI=1S/C9H18O2.C6H15NO2/c1-2-3-4-5-6-7-8-9(10)11;1-5(8-3)7-6(2)9-4/h2-8H2,1H3,(H,10,11);5-7H,1-4H3. The molecule has 20 heavy (non-hydrogen) atoms. The van der Waals surface area contributed by atoms with Gasteiger partial charge in [-0.05, 0) is 20.3 Å². The zero-order valence-electron chi connectivity index (χ0n) is 13.8. The van der Waals surface area contributed by atoms with Crippen molar-refractivity contribution in [2.45, 2.75) is 78.2 Å². The number of carbonyl (C=O) groups is 1. The van der Waals surface area contributed by atoms with Crippen molar-refractivity contribution in [3.8, 4) is 0 Å². The average Bonchev–Trinajstić information content (AvgIpc) is 2.42. The fraction of sp³-hybridized carbons (Fsp3) is 0.933. The number of hydrogen-bond donors (Lipinski definition) is 2. The summed E-state index contributed by atoms with van der Waals surface area (Å²) in [5.41, 5.74) is 0. The third-order valence-corrected chi connectivity index (χ3v) is 2.92. The van der Waals surface area contributed by atoms with Crippen LogP contribution in [0.15, 0.2) is 0 Å². The predicted octanol–water partition coefficient (Wildman–Crippen LogP) is 3.38. The molecule has 0 heterocycles. The predicted molar refractivity (Wildman–Crippen MR) is 81.7 cm³/mol. The van der Waals surface area contributed by atoms with Crippen LogP contribution in [0.25, 0.3) is 0 Å². The van der Waals surface area contributed by atoms with Gasteiger partial charge >= 0.3 is 5.97 Å². The van der Waals surface area contributed by atoms with Gasteiger partial charge in [0.2, 0.25) is 0 Å². The van der Waals surface area contributed by atoms with Crippen LogP contribution >= 0.6 is 0 Å². The van der Waals surface area contributed by atoms with Crippen LogP contribution in [-0.2, 0) is 14.3 Å². The molecule has 0 amide bonds. The average molecular weight is 291 g/mol.